The Labute approximate surface area is 126 Å². The summed E-state index contributed by atoms with van der Waals surface area (Å²) in [6, 6.07) is 7.43. The SMILES string of the molecule is O=C1OC(=O)C2c3ccccc3C(C3CC(O)OC3O)CC12. The van der Waals surface area contributed by atoms with Crippen molar-refractivity contribution < 1.29 is 29.3 Å². The van der Waals surface area contributed by atoms with Crippen LogP contribution in [0.15, 0.2) is 24.3 Å². The van der Waals surface area contributed by atoms with Gasteiger partial charge in [-0.25, -0.2) is 0 Å². The molecule has 0 radical (unpaired) electrons. The van der Waals surface area contributed by atoms with Gasteiger partial charge in [-0.05, 0) is 23.5 Å². The zero-order valence-electron chi connectivity index (χ0n) is 11.7. The minimum Gasteiger partial charge on any atom is -0.392 e. The summed E-state index contributed by atoms with van der Waals surface area (Å²) >= 11 is 0. The minimum absolute atomic E-state index is 0.150. The van der Waals surface area contributed by atoms with E-state index in [1.165, 1.54) is 0 Å². The van der Waals surface area contributed by atoms with E-state index in [4.69, 9.17) is 9.47 Å². The molecule has 1 aliphatic carbocycles. The van der Waals surface area contributed by atoms with Crippen LogP contribution in [0.4, 0.5) is 0 Å². The molecular formula is C16H16O6. The van der Waals surface area contributed by atoms with Crippen LogP contribution in [0.1, 0.15) is 35.8 Å². The van der Waals surface area contributed by atoms with Crippen molar-refractivity contribution in [1.82, 2.24) is 0 Å². The largest absolute Gasteiger partial charge is 0.392 e. The lowest BCUT2D eigenvalue weighted by molar-refractivity contribution is -0.170. The molecular weight excluding hydrogens is 288 g/mol. The Kier molecular flexibility index (Phi) is 3.07. The van der Waals surface area contributed by atoms with Crippen LogP contribution in [0.3, 0.4) is 0 Å². The van der Waals surface area contributed by atoms with Crippen molar-refractivity contribution >= 4 is 11.9 Å². The predicted octanol–water partition coefficient (Wildman–Crippen LogP) is 0.630. The highest BCUT2D eigenvalue weighted by Crippen LogP contribution is 2.51. The van der Waals surface area contributed by atoms with Gasteiger partial charge in [0.15, 0.2) is 12.6 Å². The van der Waals surface area contributed by atoms with Crippen LogP contribution in [0.25, 0.3) is 0 Å². The van der Waals surface area contributed by atoms with Gasteiger partial charge in [0.25, 0.3) is 0 Å². The normalized spacial score (nSPS) is 40.3. The van der Waals surface area contributed by atoms with Gasteiger partial charge in [-0.3, -0.25) is 9.59 Å². The summed E-state index contributed by atoms with van der Waals surface area (Å²) in [5.74, 6) is -2.52. The molecule has 2 heterocycles. The van der Waals surface area contributed by atoms with Crippen molar-refractivity contribution in [2.24, 2.45) is 11.8 Å². The van der Waals surface area contributed by atoms with Gasteiger partial charge in [-0.15, -0.1) is 0 Å². The highest BCUT2D eigenvalue weighted by Gasteiger charge is 2.53. The number of esters is 2. The highest BCUT2D eigenvalue weighted by atomic mass is 16.7. The van der Waals surface area contributed by atoms with Crippen LogP contribution >= 0.6 is 0 Å². The average Bonchev–Trinajstić information content (AvgIpc) is 2.97. The molecule has 3 aliphatic rings. The summed E-state index contributed by atoms with van der Waals surface area (Å²) in [7, 11) is 0. The van der Waals surface area contributed by atoms with E-state index in [1.807, 2.05) is 24.3 Å². The van der Waals surface area contributed by atoms with Gasteiger partial charge in [-0.2, -0.15) is 0 Å². The van der Waals surface area contributed by atoms with E-state index in [0.717, 1.165) is 11.1 Å². The summed E-state index contributed by atoms with van der Waals surface area (Å²) in [6.45, 7) is 0. The molecule has 2 N–H and O–H groups in total. The van der Waals surface area contributed by atoms with Crippen LogP contribution in [0.5, 0.6) is 0 Å². The van der Waals surface area contributed by atoms with E-state index in [2.05, 4.69) is 0 Å². The zero-order valence-corrected chi connectivity index (χ0v) is 11.7. The third kappa shape index (κ3) is 1.91. The van der Waals surface area contributed by atoms with Gasteiger partial charge >= 0.3 is 11.9 Å². The quantitative estimate of drug-likeness (QED) is 0.584. The predicted molar refractivity (Wildman–Crippen MR) is 72.3 cm³/mol. The molecule has 0 aromatic heterocycles. The molecule has 6 atom stereocenters. The molecule has 1 aromatic carbocycles. The number of aliphatic hydroxyl groups is 2. The minimum atomic E-state index is -1.07. The van der Waals surface area contributed by atoms with Gasteiger partial charge in [0.2, 0.25) is 0 Å². The molecule has 2 fully saturated rings. The molecule has 0 spiro atoms. The van der Waals surface area contributed by atoms with Gasteiger partial charge in [0, 0.05) is 12.3 Å². The molecule has 22 heavy (non-hydrogen) atoms. The van der Waals surface area contributed by atoms with Gasteiger partial charge in [-0.1, -0.05) is 24.3 Å². The standard InChI is InChI=1S/C16H16O6/c17-12-6-10(14(18)21-12)9-5-11-13(16(20)22-15(11)19)8-4-2-1-3-7(8)9/h1-4,9-14,17-18H,5-6H2. The number of cyclic esters (lactones) is 2. The molecule has 0 bridgehead atoms. The Bertz CT molecular complexity index is 641. The van der Waals surface area contributed by atoms with Gasteiger partial charge < -0.3 is 19.7 Å². The summed E-state index contributed by atoms with van der Waals surface area (Å²) < 4.78 is 9.83. The first kappa shape index (κ1) is 13.9. The number of carbonyl (C=O) groups excluding carboxylic acids is 2. The van der Waals surface area contributed by atoms with Gasteiger partial charge in [0.1, 0.15) is 0 Å². The summed E-state index contributed by atoms with van der Waals surface area (Å²) in [4.78, 5) is 23.9. The fraction of sp³-hybridized carbons (Fsp3) is 0.500. The van der Waals surface area contributed by atoms with E-state index < -0.39 is 36.4 Å². The van der Waals surface area contributed by atoms with Crippen LogP contribution in [0, 0.1) is 11.8 Å². The molecule has 2 aliphatic heterocycles. The highest BCUT2D eigenvalue weighted by molar-refractivity contribution is 6.00. The topological polar surface area (TPSA) is 93.1 Å². The van der Waals surface area contributed by atoms with Crippen LogP contribution in [-0.2, 0) is 19.1 Å². The maximum Gasteiger partial charge on any atom is 0.321 e. The lowest BCUT2D eigenvalue weighted by Crippen LogP contribution is -2.32. The van der Waals surface area contributed by atoms with E-state index in [9.17, 15) is 19.8 Å². The molecule has 6 heteroatoms. The Morgan fingerprint density at radius 3 is 2.36 bits per heavy atom. The Morgan fingerprint density at radius 2 is 1.68 bits per heavy atom. The number of benzene rings is 1. The average molecular weight is 304 g/mol. The Hall–Kier alpha value is -1.76. The molecule has 6 unspecified atom stereocenters. The molecule has 2 saturated heterocycles. The first-order valence-electron chi connectivity index (χ1n) is 7.42. The van der Waals surface area contributed by atoms with E-state index in [0.29, 0.717) is 12.8 Å². The second-order valence-electron chi connectivity index (χ2n) is 6.18. The first-order chi connectivity index (χ1) is 10.6. The third-order valence-corrected chi connectivity index (χ3v) is 5.05. The van der Waals surface area contributed by atoms with Crippen molar-refractivity contribution in [2.45, 2.75) is 37.3 Å². The number of ether oxygens (including phenoxy) is 2. The lowest BCUT2D eigenvalue weighted by Gasteiger charge is -2.34. The van der Waals surface area contributed by atoms with Crippen LogP contribution in [0.2, 0.25) is 0 Å². The fourth-order valence-corrected chi connectivity index (χ4v) is 4.08. The lowest BCUT2D eigenvalue weighted by atomic mass is 9.67. The maximum absolute atomic E-state index is 12.0. The molecule has 116 valence electrons. The second kappa shape index (κ2) is 4.87. The molecule has 0 amide bonds. The van der Waals surface area contributed by atoms with Gasteiger partial charge in [0.05, 0.1) is 11.8 Å². The smallest absolute Gasteiger partial charge is 0.321 e. The zero-order chi connectivity index (χ0) is 15.4. The fourth-order valence-electron chi connectivity index (χ4n) is 4.08. The number of hydrogen-bond donors (Lipinski definition) is 2. The number of rotatable bonds is 1. The Balaban J connectivity index is 1.78. The van der Waals surface area contributed by atoms with E-state index in [-0.39, 0.29) is 11.8 Å². The first-order valence-corrected chi connectivity index (χ1v) is 7.42. The monoisotopic (exact) mass is 304 g/mol. The molecule has 1 aromatic rings. The summed E-state index contributed by atoms with van der Waals surface area (Å²) in [5, 5.41) is 19.6. The summed E-state index contributed by atoms with van der Waals surface area (Å²) in [6.07, 6.45) is -1.34. The molecule has 0 saturated carbocycles. The van der Waals surface area contributed by atoms with Crippen LogP contribution < -0.4 is 0 Å². The Morgan fingerprint density at radius 1 is 0.955 bits per heavy atom. The van der Waals surface area contributed by atoms with Crippen molar-refractivity contribution in [3.8, 4) is 0 Å². The van der Waals surface area contributed by atoms with Crippen molar-refractivity contribution in [2.75, 3.05) is 0 Å². The van der Waals surface area contributed by atoms with E-state index in [1.54, 1.807) is 0 Å². The number of hydrogen-bond acceptors (Lipinski definition) is 6. The molecule has 4 rings (SSSR count). The maximum atomic E-state index is 12.0. The van der Waals surface area contributed by atoms with Crippen molar-refractivity contribution in [3.05, 3.63) is 35.4 Å². The number of fused-ring (bicyclic) bond motifs is 3. The number of carbonyl (C=O) groups is 2. The molecule has 6 nitrogen and oxygen atoms in total. The van der Waals surface area contributed by atoms with Crippen molar-refractivity contribution in [1.29, 1.82) is 0 Å². The number of aliphatic hydroxyl groups excluding tert-OH is 2. The van der Waals surface area contributed by atoms with E-state index >= 15 is 0 Å². The second-order valence-corrected chi connectivity index (χ2v) is 6.18. The van der Waals surface area contributed by atoms with Crippen LogP contribution in [-0.4, -0.2) is 34.7 Å². The van der Waals surface area contributed by atoms with Crippen molar-refractivity contribution in [3.63, 3.8) is 0 Å². The third-order valence-electron chi connectivity index (χ3n) is 5.05. The summed E-state index contributed by atoms with van der Waals surface area (Å²) in [5.41, 5.74) is 1.71.